The molecule has 0 aliphatic heterocycles. The number of ether oxygens (including phenoxy) is 2. The standard InChI is InChI=1S/C19H17ClN4O3/c1-26-15-6-3-13(18(10-15)27-2)4-8-19(25)23-16-9-14(20)5-7-17(16)24-12-21-11-22-24/h3-12H,1-2H3,(H,23,25)/b8-4+. The summed E-state index contributed by atoms with van der Waals surface area (Å²) >= 11 is 6.06. The molecule has 7 nitrogen and oxygen atoms in total. The van der Waals surface area contributed by atoms with E-state index in [2.05, 4.69) is 15.4 Å². The molecule has 0 aliphatic carbocycles. The van der Waals surface area contributed by atoms with E-state index < -0.39 is 0 Å². The van der Waals surface area contributed by atoms with Gasteiger partial charge >= 0.3 is 0 Å². The molecule has 3 aromatic rings. The monoisotopic (exact) mass is 384 g/mol. The molecule has 1 heterocycles. The van der Waals surface area contributed by atoms with Crippen LogP contribution in [0.1, 0.15) is 5.56 Å². The maximum absolute atomic E-state index is 12.4. The van der Waals surface area contributed by atoms with Crippen molar-refractivity contribution in [2.75, 3.05) is 19.5 Å². The zero-order valence-corrected chi connectivity index (χ0v) is 15.5. The lowest BCUT2D eigenvalue weighted by Crippen LogP contribution is -2.11. The Bertz CT molecular complexity index is 971. The van der Waals surface area contributed by atoms with E-state index in [-0.39, 0.29) is 5.91 Å². The van der Waals surface area contributed by atoms with Crippen molar-refractivity contribution in [2.45, 2.75) is 0 Å². The first kappa shape index (κ1) is 18.5. The Morgan fingerprint density at radius 2 is 2.04 bits per heavy atom. The minimum absolute atomic E-state index is 0.323. The van der Waals surface area contributed by atoms with Crippen molar-refractivity contribution in [1.82, 2.24) is 14.8 Å². The topological polar surface area (TPSA) is 78.3 Å². The van der Waals surface area contributed by atoms with Crippen molar-refractivity contribution >= 4 is 29.3 Å². The van der Waals surface area contributed by atoms with Gasteiger partial charge in [-0.2, -0.15) is 5.10 Å². The summed E-state index contributed by atoms with van der Waals surface area (Å²) in [6, 6.07) is 10.5. The molecule has 0 radical (unpaired) electrons. The fourth-order valence-corrected chi connectivity index (χ4v) is 2.61. The second-order valence-electron chi connectivity index (χ2n) is 5.43. The van der Waals surface area contributed by atoms with Crippen LogP contribution in [0.5, 0.6) is 11.5 Å². The molecule has 0 atom stereocenters. The number of rotatable bonds is 6. The Morgan fingerprint density at radius 3 is 2.74 bits per heavy atom. The van der Waals surface area contributed by atoms with Crippen molar-refractivity contribution in [3.05, 3.63) is 65.7 Å². The number of amides is 1. The minimum Gasteiger partial charge on any atom is -0.497 e. The molecule has 1 aromatic heterocycles. The van der Waals surface area contributed by atoms with E-state index in [1.54, 1.807) is 55.3 Å². The molecule has 1 amide bonds. The average molecular weight is 385 g/mol. The molecule has 138 valence electrons. The van der Waals surface area contributed by atoms with Gasteiger partial charge < -0.3 is 14.8 Å². The van der Waals surface area contributed by atoms with Gasteiger partial charge in [0.2, 0.25) is 5.91 Å². The molecular formula is C19H17ClN4O3. The number of hydrogen-bond donors (Lipinski definition) is 1. The maximum Gasteiger partial charge on any atom is 0.248 e. The summed E-state index contributed by atoms with van der Waals surface area (Å²) in [5, 5.41) is 7.38. The van der Waals surface area contributed by atoms with E-state index in [4.69, 9.17) is 21.1 Å². The number of nitrogens with zero attached hydrogens (tertiary/aromatic N) is 3. The number of benzene rings is 2. The lowest BCUT2D eigenvalue weighted by atomic mass is 10.1. The van der Waals surface area contributed by atoms with Crippen molar-refractivity contribution in [1.29, 1.82) is 0 Å². The molecule has 3 rings (SSSR count). The lowest BCUT2D eigenvalue weighted by Gasteiger charge is -2.10. The number of anilines is 1. The van der Waals surface area contributed by atoms with Crippen molar-refractivity contribution < 1.29 is 14.3 Å². The van der Waals surface area contributed by atoms with Gasteiger partial charge in [-0.05, 0) is 36.4 Å². The third kappa shape index (κ3) is 4.45. The van der Waals surface area contributed by atoms with Crippen LogP contribution in [0.2, 0.25) is 5.02 Å². The highest BCUT2D eigenvalue weighted by Gasteiger charge is 2.09. The van der Waals surface area contributed by atoms with Crippen LogP contribution in [-0.2, 0) is 4.79 Å². The maximum atomic E-state index is 12.4. The summed E-state index contributed by atoms with van der Waals surface area (Å²) in [6.45, 7) is 0. The molecule has 0 bridgehead atoms. The summed E-state index contributed by atoms with van der Waals surface area (Å²) in [7, 11) is 3.14. The first-order chi connectivity index (χ1) is 13.1. The number of nitrogens with one attached hydrogen (secondary N) is 1. The SMILES string of the molecule is COc1ccc(/C=C/C(=O)Nc2cc(Cl)ccc2-n2cncn2)c(OC)c1. The molecule has 0 saturated heterocycles. The highest BCUT2D eigenvalue weighted by atomic mass is 35.5. The van der Waals surface area contributed by atoms with Crippen LogP contribution in [0.4, 0.5) is 5.69 Å². The van der Waals surface area contributed by atoms with Crippen LogP contribution in [0.25, 0.3) is 11.8 Å². The fraction of sp³-hybridized carbons (Fsp3) is 0.105. The van der Waals surface area contributed by atoms with Gasteiger partial charge in [0.25, 0.3) is 0 Å². The lowest BCUT2D eigenvalue weighted by molar-refractivity contribution is -0.111. The van der Waals surface area contributed by atoms with Gasteiger partial charge in [-0.3, -0.25) is 4.79 Å². The summed E-state index contributed by atoms with van der Waals surface area (Å²) in [5.74, 6) is 0.950. The van der Waals surface area contributed by atoms with Crippen LogP contribution >= 0.6 is 11.6 Å². The van der Waals surface area contributed by atoms with Crippen molar-refractivity contribution in [3.8, 4) is 17.2 Å². The summed E-state index contributed by atoms with van der Waals surface area (Å²) < 4.78 is 12.0. The Balaban J connectivity index is 1.81. The van der Waals surface area contributed by atoms with Crippen molar-refractivity contribution in [3.63, 3.8) is 0 Å². The smallest absolute Gasteiger partial charge is 0.248 e. The first-order valence-corrected chi connectivity index (χ1v) is 8.34. The second kappa shape index (κ2) is 8.37. The van der Waals surface area contributed by atoms with Crippen LogP contribution < -0.4 is 14.8 Å². The highest BCUT2D eigenvalue weighted by molar-refractivity contribution is 6.31. The third-order valence-electron chi connectivity index (χ3n) is 3.74. The Labute approximate surface area is 161 Å². The van der Waals surface area contributed by atoms with Crippen LogP contribution in [0.3, 0.4) is 0 Å². The number of carbonyl (C=O) groups is 1. The van der Waals surface area contributed by atoms with Crippen LogP contribution in [0.15, 0.2) is 55.1 Å². The van der Waals surface area contributed by atoms with Crippen LogP contribution in [0, 0.1) is 0 Å². The number of carbonyl (C=O) groups excluding carboxylic acids is 1. The Kier molecular flexibility index (Phi) is 5.73. The van der Waals surface area contributed by atoms with E-state index in [9.17, 15) is 4.79 Å². The predicted octanol–water partition coefficient (Wildman–Crippen LogP) is 3.59. The van der Waals surface area contributed by atoms with E-state index in [1.807, 2.05) is 6.07 Å². The second-order valence-corrected chi connectivity index (χ2v) is 5.87. The Morgan fingerprint density at radius 1 is 1.19 bits per heavy atom. The molecule has 0 saturated carbocycles. The first-order valence-electron chi connectivity index (χ1n) is 7.96. The summed E-state index contributed by atoms with van der Waals surface area (Å²) in [5.41, 5.74) is 1.92. The van der Waals surface area contributed by atoms with Gasteiger partial charge in [-0.1, -0.05) is 11.6 Å². The fourth-order valence-electron chi connectivity index (χ4n) is 2.44. The molecule has 0 fully saturated rings. The molecule has 27 heavy (non-hydrogen) atoms. The van der Waals surface area contributed by atoms with Gasteiger partial charge in [0.05, 0.1) is 25.6 Å². The number of methoxy groups -OCH3 is 2. The summed E-state index contributed by atoms with van der Waals surface area (Å²) in [6.07, 6.45) is 6.02. The van der Waals surface area contributed by atoms with Gasteiger partial charge in [0, 0.05) is 22.7 Å². The summed E-state index contributed by atoms with van der Waals surface area (Å²) in [4.78, 5) is 16.3. The molecule has 1 N–H and O–H groups in total. The van der Waals surface area contributed by atoms with Gasteiger partial charge in [-0.25, -0.2) is 9.67 Å². The number of aromatic nitrogens is 3. The zero-order chi connectivity index (χ0) is 19.2. The zero-order valence-electron chi connectivity index (χ0n) is 14.7. The molecule has 8 heteroatoms. The molecule has 2 aromatic carbocycles. The predicted molar refractivity (Wildman–Crippen MR) is 104 cm³/mol. The van der Waals surface area contributed by atoms with Gasteiger partial charge in [-0.15, -0.1) is 0 Å². The quantitative estimate of drug-likeness (QED) is 0.657. The third-order valence-corrected chi connectivity index (χ3v) is 3.97. The van der Waals surface area contributed by atoms with E-state index >= 15 is 0 Å². The van der Waals surface area contributed by atoms with Gasteiger partial charge in [0.15, 0.2) is 0 Å². The number of halogens is 1. The minimum atomic E-state index is -0.323. The van der Waals surface area contributed by atoms with Crippen molar-refractivity contribution in [2.24, 2.45) is 0 Å². The highest BCUT2D eigenvalue weighted by Crippen LogP contribution is 2.26. The largest absolute Gasteiger partial charge is 0.497 e. The van der Waals surface area contributed by atoms with Crippen LogP contribution in [-0.4, -0.2) is 34.9 Å². The molecule has 0 unspecified atom stereocenters. The Hall–Kier alpha value is -3.32. The normalized spacial score (nSPS) is 10.8. The average Bonchev–Trinajstić information content (AvgIpc) is 3.20. The number of hydrogen-bond acceptors (Lipinski definition) is 5. The van der Waals surface area contributed by atoms with E-state index in [0.717, 1.165) is 5.56 Å². The van der Waals surface area contributed by atoms with E-state index in [1.165, 1.54) is 18.7 Å². The van der Waals surface area contributed by atoms with E-state index in [0.29, 0.717) is 27.9 Å². The molecule has 0 spiro atoms. The molecular weight excluding hydrogens is 368 g/mol. The molecule has 0 aliphatic rings. The van der Waals surface area contributed by atoms with Gasteiger partial charge in [0.1, 0.15) is 24.2 Å².